The molecule has 1 amide bonds. The minimum absolute atomic E-state index is 0.110. The van der Waals surface area contributed by atoms with Gasteiger partial charge in [0, 0.05) is 17.4 Å². The second-order valence-corrected chi connectivity index (χ2v) is 8.43. The molecule has 3 rings (SSSR count). The minimum atomic E-state index is -3.17. The standard InChI is InChI=1S/C19H20N4O4S/c1-27-16-8-6-14(7-9-16)18-21-17(22-23-18)11-20-19(24)15-5-3-4-13(10-15)12-28(2,25)26/h3-10H,11-12H2,1-2H3,(H,20,24)(H,21,22,23). The normalized spacial score (nSPS) is 11.2. The fraction of sp³-hybridized carbons (Fsp3) is 0.211. The first-order chi connectivity index (χ1) is 13.3. The van der Waals surface area contributed by atoms with Crippen LogP contribution in [0, 0.1) is 0 Å². The Morgan fingerprint density at radius 1 is 1.18 bits per heavy atom. The number of amides is 1. The van der Waals surface area contributed by atoms with Gasteiger partial charge in [0.1, 0.15) is 11.6 Å². The molecule has 2 aromatic carbocycles. The van der Waals surface area contributed by atoms with Crippen molar-refractivity contribution in [3.05, 3.63) is 65.5 Å². The Kier molecular flexibility index (Phi) is 5.74. The molecule has 8 nitrogen and oxygen atoms in total. The first-order valence-electron chi connectivity index (χ1n) is 8.44. The largest absolute Gasteiger partial charge is 0.497 e. The highest BCUT2D eigenvalue weighted by Crippen LogP contribution is 2.19. The molecule has 0 unspecified atom stereocenters. The van der Waals surface area contributed by atoms with Gasteiger partial charge in [-0.05, 0) is 42.0 Å². The Hall–Kier alpha value is -3.20. The zero-order valence-corrected chi connectivity index (χ0v) is 16.3. The molecule has 3 aromatic rings. The molecule has 146 valence electrons. The molecule has 0 saturated heterocycles. The zero-order valence-electron chi connectivity index (χ0n) is 15.5. The first-order valence-corrected chi connectivity index (χ1v) is 10.5. The summed E-state index contributed by atoms with van der Waals surface area (Å²) in [4.78, 5) is 16.7. The lowest BCUT2D eigenvalue weighted by Gasteiger charge is -2.05. The molecule has 0 bridgehead atoms. The molecule has 0 aliphatic rings. The number of hydrogen-bond acceptors (Lipinski definition) is 6. The number of carbonyl (C=O) groups excluding carboxylic acids is 1. The number of H-pyrrole nitrogens is 1. The number of hydrogen-bond donors (Lipinski definition) is 2. The summed E-state index contributed by atoms with van der Waals surface area (Å²) in [5.41, 5.74) is 1.77. The van der Waals surface area contributed by atoms with Gasteiger partial charge in [-0.2, -0.15) is 5.10 Å². The number of aromatic amines is 1. The topological polar surface area (TPSA) is 114 Å². The summed E-state index contributed by atoms with van der Waals surface area (Å²) in [5.74, 6) is 1.33. The first kappa shape index (κ1) is 19.6. The molecule has 1 heterocycles. The third-order valence-corrected chi connectivity index (χ3v) is 4.77. The highest BCUT2D eigenvalue weighted by molar-refractivity contribution is 7.89. The zero-order chi connectivity index (χ0) is 20.1. The average molecular weight is 400 g/mol. The highest BCUT2D eigenvalue weighted by Gasteiger charge is 2.11. The second-order valence-electron chi connectivity index (χ2n) is 6.29. The van der Waals surface area contributed by atoms with Gasteiger partial charge in [0.15, 0.2) is 15.7 Å². The molecule has 0 aliphatic heterocycles. The van der Waals surface area contributed by atoms with Gasteiger partial charge in [0.25, 0.3) is 5.91 Å². The summed E-state index contributed by atoms with van der Waals surface area (Å²) in [5, 5.41) is 9.69. The van der Waals surface area contributed by atoms with Gasteiger partial charge >= 0.3 is 0 Å². The van der Waals surface area contributed by atoms with E-state index in [1.165, 1.54) is 0 Å². The number of benzene rings is 2. The lowest BCUT2D eigenvalue weighted by Crippen LogP contribution is -2.23. The summed E-state index contributed by atoms with van der Waals surface area (Å²) < 4.78 is 28.0. The number of aromatic nitrogens is 3. The molecular weight excluding hydrogens is 380 g/mol. The van der Waals surface area contributed by atoms with Crippen molar-refractivity contribution in [3.63, 3.8) is 0 Å². The van der Waals surface area contributed by atoms with Crippen LogP contribution in [0.4, 0.5) is 0 Å². The Morgan fingerprint density at radius 2 is 1.93 bits per heavy atom. The van der Waals surface area contributed by atoms with E-state index in [9.17, 15) is 13.2 Å². The summed E-state index contributed by atoms with van der Waals surface area (Å²) >= 11 is 0. The number of nitrogens with zero attached hydrogens (tertiary/aromatic N) is 2. The SMILES string of the molecule is COc1ccc(-c2n[nH]c(CNC(=O)c3cccc(CS(C)(=O)=O)c3)n2)cc1. The van der Waals surface area contributed by atoms with Crippen molar-refractivity contribution in [2.75, 3.05) is 13.4 Å². The van der Waals surface area contributed by atoms with E-state index in [1.807, 2.05) is 24.3 Å². The van der Waals surface area contributed by atoms with E-state index in [2.05, 4.69) is 20.5 Å². The lowest BCUT2D eigenvalue weighted by atomic mass is 10.1. The molecular formula is C19H20N4O4S. The Balaban J connectivity index is 1.63. The van der Waals surface area contributed by atoms with Gasteiger partial charge in [-0.15, -0.1) is 0 Å². The molecule has 0 spiro atoms. The van der Waals surface area contributed by atoms with Crippen LogP contribution >= 0.6 is 0 Å². The van der Waals surface area contributed by atoms with E-state index < -0.39 is 9.84 Å². The summed E-state index contributed by atoms with van der Waals surface area (Å²) in [6, 6.07) is 13.9. The van der Waals surface area contributed by atoms with Gasteiger partial charge in [0.2, 0.25) is 0 Å². The van der Waals surface area contributed by atoms with Crippen LogP contribution in [0.15, 0.2) is 48.5 Å². The number of methoxy groups -OCH3 is 1. The van der Waals surface area contributed by atoms with Crippen LogP contribution in [0.25, 0.3) is 11.4 Å². The van der Waals surface area contributed by atoms with Gasteiger partial charge in [-0.3, -0.25) is 9.89 Å². The van der Waals surface area contributed by atoms with E-state index in [0.29, 0.717) is 22.8 Å². The quantitative estimate of drug-likeness (QED) is 0.627. The van der Waals surface area contributed by atoms with Crippen LogP contribution in [0.1, 0.15) is 21.7 Å². The van der Waals surface area contributed by atoms with Crippen LogP contribution in [-0.4, -0.2) is 42.9 Å². The molecule has 28 heavy (non-hydrogen) atoms. The third-order valence-electron chi connectivity index (χ3n) is 3.91. The maximum Gasteiger partial charge on any atom is 0.251 e. The number of rotatable bonds is 7. The Labute approximate surface area is 162 Å². The molecule has 0 saturated carbocycles. The van der Waals surface area contributed by atoms with Gasteiger partial charge in [-0.25, -0.2) is 13.4 Å². The van der Waals surface area contributed by atoms with Crippen molar-refractivity contribution in [2.24, 2.45) is 0 Å². The lowest BCUT2D eigenvalue weighted by molar-refractivity contribution is 0.0950. The van der Waals surface area contributed by atoms with Gasteiger partial charge < -0.3 is 10.1 Å². The Bertz CT molecular complexity index is 1080. The summed E-state index contributed by atoms with van der Waals surface area (Å²) in [6.07, 6.45) is 1.16. The minimum Gasteiger partial charge on any atom is -0.497 e. The molecule has 0 atom stereocenters. The van der Waals surface area contributed by atoms with Gasteiger partial charge in [0.05, 0.1) is 19.4 Å². The predicted molar refractivity (Wildman–Crippen MR) is 105 cm³/mol. The van der Waals surface area contributed by atoms with Crippen LogP contribution < -0.4 is 10.1 Å². The molecule has 0 fully saturated rings. The van der Waals surface area contributed by atoms with Crippen LogP contribution in [0.3, 0.4) is 0 Å². The van der Waals surface area contributed by atoms with E-state index >= 15 is 0 Å². The molecule has 9 heteroatoms. The Morgan fingerprint density at radius 3 is 2.61 bits per heavy atom. The van der Waals surface area contributed by atoms with Crippen LogP contribution in [0.2, 0.25) is 0 Å². The summed E-state index contributed by atoms with van der Waals surface area (Å²) in [6.45, 7) is 0.165. The molecule has 1 aromatic heterocycles. The predicted octanol–water partition coefficient (Wildman–Crippen LogP) is 1.95. The maximum atomic E-state index is 12.3. The van der Waals surface area contributed by atoms with Gasteiger partial charge in [-0.1, -0.05) is 12.1 Å². The number of ether oxygens (including phenoxy) is 1. The fourth-order valence-electron chi connectivity index (χ4n) is 2.61. The van der Waals surface area contributed by atoms with Crippen molar-refractivity contribution in [2.45, 2.75) is 12.3 Å². The number of carbonyl (C=O) groups is 1. The van der Waals surface area contributed by atoms with E-state index in [-0.39, 0.29) is 18.2 Å². The van der Waals surface area contributed by atoms with E-state index in [0.717, 1.165) is 17.6 Å². The highest BCUT2D eigenvalue weighted by atomic mass is 32.2. The molecule has 0 radical (unpaired) electrons. The number of sulfone groups is 1. The molecule has 2 N–H and O–H groups in total. The van der Waals surface area contributed by atoms with Crippen molar-refractivity contribution in [3.8, 4) is 17.1 Å². The van der Waals surface area contributed by atoms with Crippen molar-refractivity contribution in [1.82, 2.24) is 20.5 Å². The van der Waals surface area contributed by atoms with Crippen molar-refractivity contribution in [1.29, 1.82) is 0 Å². The van der Waals surface area contributed by atoms with Crippen LogP contribution in [0.5, 0.6) is 5.75 Å². The summed E-state index contributed by atoms with van der Waals surface area (Å²) in [7, 11) is -1.57. The third kappa shape index (κ3) is 5.17. The smallest absolute Gasteiger partial charge is 0.251 e. The molecule has 0 aliphatic carbocycles. The van der Waals surface area contributed by atoms with E-state index in [1.54, 1.807) is 31.4 Å². The number of nitrogens with one attached hydrogen (secondary N) is 2. The monoisotopic (exact) mass is 400 g/mol. The van der Waals surface area contributed by atoms with Crippen molar-refractivity contribution < 1.29 is 17.9 Å². The van der Waals surface area contributed by atoms with Crippen molar-refractivity contribution >= 4 is 15.7 Å². The van der Waals surface area contributed by atoms with Crippen LogP contribution in [-0.2, 0) is 22.1 Å². The van der Waals surface area contributed by atoms with E-state index in [4.69, 9.17) is 4.74 Å². The fourth-order valence-corrected chi connectivity index (χ4v) is 3.40. The maximum absolute atomic E-state index is 12.3. The second kappa shape index (κ2) is 8.22. The average Bonchev–Trinajstić information content (AvgIpc) is 3.14.